The first kappa shape index (κ1) is 20.0. The van der Waals surface area contributed by atoms with E-state index in [-0.39, 0.29) is 16.4 Å². The van der Waals surface area contributed by atoms with Crippen molar-refractivity contribution in [3.05, 3.63) is 65.7 Å². The Kier molecular flexibility index (Phi) is 6.03. The first-order valence-corrected chi connectivity index (χ1v) is 12.5. The molecule has 0 spiro atoms. The number of benzene rings is 2. The lowest BCUT2D eigenvalue weighted by Crippen LogP contribution is -2.44. The van der Waals surface area contributed by atoms with Gasteiger partial charge in [0, 0.05) is 6.04 Å². The third-order valence-electron chi connectivity index (χ3n) is 5.02. The molecule has 27 heavy (non-hydrogen) atoms. The van der Waals surface area contributed by atoms with Crippen LogP contribution in [0.5, 0.6) is 0 Å². The Labute approximate surface area is 161 Å². The van der Waals surface area contributed by atoms with Gasteiger partial charge in [0.1, 0.15) is 0 Å². The lowest BCUT2D eigenvalue weighted by Gasteiger charge is -2.20. The SMILES string of the molecule is CCc1ccc(S(=O)(=O)[C@H]2CS(=O)(=O)C[C@H]2NCCc2ccccc2)cc1. The van der Waals surface area contributed by atoms with Crippen molar-refractivity contribution in [2.24, 2.45) is 0 Å². The van der Waals surface area contributed by atoms with Gasteiger partial charge in [0.25, 0.3) is 0 Å². The quantitative estimate of drug-likeness (QED) is 0.760. The van der Waals surface area contributed by atoms with Crippen molar-refractivity contribution in [1.82, 2.24) is 5.32 Å². The monoisotopic (exact) mass is 407 g/mol. The average molecular weight is 408 g/mol. The molecule has 0 aromatic heterocycles. The minimum atomic E-state index is -3.72. The molecule has 1 N–H and O–H groups in total. The Morgan fingerprint density at radius 2 is 1.63 bits per heavy atom. The molecule has 0 radical (unpaired) electrons. The van der Waals surface area contributed by atoms with Crippen LogP contribution in [0.25, 0.3) is 0 Å². The van der Waals surface area contributed by atoms with Crippen molar-refractivity contribution in [1.29, 1.82) is 0 Å². The van der Waals surface area contributed by atoms with E-state index in [2.05, 4.69) is 5.32 Å². The van der Waals surface area contributed by atoms with Gasteiger partial charge in [-0.1, -0.05) is 49.4 Å². The summed E-state index contributed by atoms with van der Waals surface area (Å²) in [5.41, 5.74) is 2.17. The van der Waals surface area contributed by atoms with E-state index in [4.69, 9.17) is 0 Å². The second-order valence-corrected chi connectivity index (χ2v) is 11.3. The summed E-state index contributed by atoms with van der Waals surface area (Å²) in [6, 6.07) is 16.0. The van der Waals surface area contributed by atoms with Crippen LogP contribution in [0.3, 0.4) is 0 Å². The zero-order chi connectivity index (χ0) is 19.5. The van der Waals surface area contributed by atoms with Crippen molar-refractivity contribution in [3.63, 3.8) is 0 Å². The zero-order valence-corrected chi connectivity index (χ0v) is 17.0. The highest BCUT2D eigenvalue weighted by molar-refractivity contribution is 7.96. The molecule has 1 aliphatic heterocycles. The van der Waals surface area contributed by atoms with Gasteiger partial charge in [0.15, 0.2) is 19.7 Å². The van der Waals surface area contributed by atoms with Gasteiger partial charge in [0.05, 0.1) is 21.7 Å². The fourth-order valence-electron chi connectivity index (χ4n) is 3.45. The maximum absolute atomic E-state index is 13.1. The molecule has 146 valence electrons. The van der Waals surface area contributed by atoms with Crippen LogP contribution < -0.4 is 5.32 Å². The predicted molar refractivity (Wildman–Crippen MR) is 107 cm³/mol. The Bertz CT molecular complexity index is 968. The summed E-state index contributed by atoms with van der Waals surface area (Å²) in [7, 11) is -7.11. The number of hydrogen-bond acceptors (Lipinski definition) is 5. The molecule has 1 heterocycles. The van der Waals surface area contributed by atoms with Crippen molar-refractivity contribution in [2.75, 3.05) is 18.1 Å². The van der Waals surface area contributed by atoms with Crippen LogP contribution in [0.2, 0.25) is 0 Å². The second-order valence-electron chi connectivity index (χ2n) is 6.95. The van der Waals surface area contributed by atoms with Gasteiger partial charge in [-0.25, -0.2) is 16.8 Å². The molecular weight excluding hydrogens is 382 g/mol. The van der Waals surface area contributed by atoms with Crippen LogP contribution in [-0.4, -0.2) is 46.2 Å². The number of aryl methyl sites for hydroxylation is 1. The fraction of sp³-hybridized carbons (Fsp3) is 0.400. The maximum Gasteiger partial charge on any atom is 0.183 e. The van der Waals surface area contributed by atoms with Crippen LogP contribution in [0.4, 0.5) is 0 Å². The van der Waals surface area contributed by atoms with E-state index in [0.29, 0.717) is 6.54 Å². The highest BCUT2D eigenvalue weighted by Crippen LogP contribution is 2.26. The Morgan fingerprint density at radius 3 is 2.26 bits per heavy atom. The van der Waals surface area contributed by atoms with E-state index in [9.17, 15) is 16.8 Å². The number of sulfone groups is 2. The first-order chi connectivity index (χ1) is 12.8. The van der Waals surface area contributed by atoms with Crippen LogP contribution in [0.15, 0.2) is 59.5 Å². The molecule has 2 atom stereocenters. The van der Waals surface area contributed by atoms with Crippen LogP contribution >= 0.6 is 0 Å². The van der Waals surface area contributed by atoms with Gasteiger partial charge < -0.3 is 5.32 Å². The van der Waals surface area contributed by atoms with Crippen molar-refractivity contribution < 1.29 is 16.8 Å². The standard InChI is InChI=1S/C20H25NO4S2/c1-2-16-8-10-18(11-9-16)27(24,25)20-15-26(22,23)14-19(20)21-13-12-17-6-4-3-5-7-17/h3-11,19-21H,2,12-15H2,1H3/t19-,20+/m1/s1. The van der Waals surface area contributed by atoms with Gasteiger partial charge in [-0.15, -0.1) is 0 Å². The predicted octanol–water partition coefficient (Wildman–Crippen LogP) is 2.02. The third-order valence-corrected chi connectivity index (χ3v) is 9.19. The van der Waals surface area contributed by atoms with Crippen molar-refractivity contribution in [2.45, 2.75) is 36.0 Å². The molecule has 0 saturated carbocycles. The molecule has 0 aliphatic carbocycles. The van der Waals surface area contributed by atoms with Gasteiger partial charge in [-0.05, 0) is 42.6 Å². The lowest BCUT2D eigenvalue weighted by atomic mass is 10.1. The molecular formula is C20H25NO4S2. The summed E-state index contributed by atoms with van der Waals surface area (Å²) < 4.78 is 50.4. The molecule has 0 unspecified atom stereocenters. The minimum absolute atomic E-state index is 0.140. The summed E-state index contributed by atoms with van der Waals surface area (Å²) in [4.78, 5) is 0.191. The lowest BCUT2D eigenvalue weighted by molar-refractivity contribution is 0.528. The molecule has 2 aromatic carbocycles. The molecule has 1 aliphatic rings. The summed E-state index contributed by atoms with van der Waals surface area (Å²) >= 11 is 0. The molecule has 1 saturated heterocycles. The van der Waals surface area contributed by atoms with E-state index in [0.717, 1.165) is 24.0 Å². The average Bonchev–Trinajstić information content (AvgIpc) is 2.98. The summed E-state index contributed by atoms with van der Waals surface area (Å²) in [5.74, 6) is -0.466. The summed E-state index contributed by atoms with van der Waals surface area (Å²) in [6.07, 6.45) is 1.54. The molecule has 5 nitrogen and oxygen atoms in total. The highest BCUT2D eigenvalue weighted by Gasteiger charge is 2.45. The number of nitrogens with one attached hydrogen (secondary N) is 1. The molecule has 2 aromatic rings. The Balaban J connectivity index is 1.76. The Morgan fingerprint density at radius 1 is 0.963 bits per heavy atom. The minimum Gasteiger partial charge on any atom is -0.311 e. The van der Waals surface area contributed by atoms with E-state index in [1.165, 1.54) is 0 Å². The van der Waals surface area contributed by atoms with Gasteiger partial charge in [0.2, 0.25) is 0 Å². The van der Waals surface area contributed by atoms with Gasteiger partial charge >= 0.3 is 0 Å². The van der Waals surface area contributed by atoms with Gasteiger partial charge in [-0.3, -0.25) is 0 Å². The maximum atomic E-state index is 13.1. The Hall–Kier alpha value is -1.70. The van der Waals surface area contributed by atoms with Gasteiger partial charge in [-0.2, -0.15) is 0 Å². The molecule has 7 heteroatoms. The van der Waals surface area contributed by atoms with Crippen molar-refractivity contribution >= 4 is 19.7 Å². The first-order valence-electron chi connectivity index (χ1n) is 9.12. The number of hydrogen-bond donors (Lipinski definition) is 1. The fourth-order valence-corrected chi connectivity index (χ4v) is 8.16. The topological polar surface area (TPSA) is 80.3 Å². The van der Waals surface area contributed by atoms with E-state index >= 15 is 0 Å². The van der Waals surface area contributed by atoms with Crippen molar-refractivity contribution in [3.8, 4) is 0 Å². The van der Waals surface area contributed by atoms with E-state index in [1.54, 1.807) is 24.3 Å². The van der Waals surface area contributed by atoms with Crippen LogP contribution in [0, 0.1) is 0 Å². The third kappa shape index (κ3) is 4.78. The normalized spacial score (nSPS) is 22.0. The number of rotatable bonds is 7. The largest absolute Gasteiger partial charge is 0.311 e. The molecule has 0 bridgehead atoms. The summed E-state index contributed by atoms with van der Waals surface area (Å²) in [6.45, 7) is 2.53. The molecule has 3 rings (SSSR count). The van der Waals surface area contributed by atoms with Crippen LogP contribution in [-0.2, 0) is 32.5 Å². The van der Waals surface area contributed by atoms with E-state index < -0.39 is 31.0 Å². The van der Waals surface area contributed by atoms with Crippen LogP contribution in [0.1, 0.15) is 18.1 Å². The highest BCUT2D eigenvalue weighted by atomic mass is 32.2. The molecule has 0 amide bonds. The zero-order valence-electron chi connectivity index (χ0n) is 15.3. The smallest absolute Gasteiger partial charge is 0.183 e. The molecule has 1 fully saturated rings. The summed E-state index contributed by atoms with van der Waals surface area (Å²) in [5, 5.41) is 2.22. The van der Waals surface area contributed by atoms with E-state index in [1.807, 2.05) is 37.3 Å². The second kappa shape index (κ2) is 8.12.